The summed E-state index contributed by atoms with van der Waals surface area (Å²) in [6, 6.07) is 15.4. The Morgan fingerprint density at radius 3 is 1.30 bits per heavy atom. The van der Waals surface area contributed by atoms with Crippen molar-refractivity contribution >= 4 is 40.4 Å². The number of non-ortho nitro benzene ring substituents is 3. The largest absolute Gasteiger partial charge is 0.446 e. The molecule has 5 rings (SSSR count). The maximum Gasteiger partial charge on any atom is 0.296 e. The topological polar surface area (TPSA) is 185 Å². The third-order valence-corrected chi connectivity index (χ3v) is 6.20. The lowest BCUT2D eigenvalue weighted by Gasteiger charge is -2.35. The highest BCUT2D eigenvalue weighted by Crippen LogP contribution is 2.42. The van der Waals surface area contributed by atoms with Crippen LogP contribution < -0.4 is 0 Å². The molecule has 14 heteroatoms. The molecule has 0 unspecified atom stereocenters. The zero-order valence-corrected chi connectivity index (χ0v) is 20.2. The molecular weight excluding hydrogens is 528 g/mol. The molecule has 14 nitrogen and oxygen atoms in total. The lowest BCUT2D eigenvalue weighted by Crippen LogP contribution is -2.45. The van der Waals surface area contributed by atoms with Crippen LogP contribution in [-0.4, -0.2) is 38.0 Å². The van der Waals surface area contributed by atoms with E-state index in [2.05, 4.69) is 0 Å². The normalized spacial score (nSPS) is 15.9. The highest BCUT2D eigenvalue weighted by Gasteiger charge is 2.47. The van der Waals surface area contributed by atoms with E-state index in [1.54, 1.807) is 0 Å². The molecule has 2 heterocycles. The van der Waals surface area contributed by atoms with Crippen molar-refractivity contribution in [3.05, 3.63) is 132 Å². The van der Waals surface area contributed by atoms with Gasteiger partial charge in [-0.15, -0.1) is 0 Å². The van der Waals surface area contributed by atoms with Crippen molar-refractivity contribution in [3.8, 4) is 0 Å². The van der Waals surface area contributed by atoms with Crippen LogP contribution in [0.2, 0.25) is 0 Å². The molecule has 2 aliphatic heterocycles. The number of carbonyl (C=O) groups is 2. The van der Waals surface area contributed by atoms with Crippen molar-refractivity contribution < 1.29 is 33.8 Å². The standard InChI is InChI=1S/C26H16N4O10/c31-24-13-22(16-1-7-19(8-2-16)28(33)34)39-26(18-5-11-21(12-6-18)30(37)38)15-27(24)25(32)14-23(40-26)17-3-9-20(10-4-17)29(35)36/h1-14H,15H2. The van der Waals surface area contributed by atoms with E-state index in [0.29, 0.717) is 0 Å². The highest BCUT2D eigenvalue weighted by molar-refractivity contribution is 6.09. The van der Waals surface area contributed by atoms with E-state index < -0.39 is 38.9 Å². The minimum absolute atomic E-state index is 0.0847. The molecule has 0 aromatic heterocycles. The third kappa shape index (κ3) is 4.71. The number of ether oxygens (including phenoxy) is 2. The summed E-state index contributed by atoms with van der Waals surface area (Å²) in [6.45, 7) is -0.470. The van der Waals surface area contributed by atoms with Crippen LogP contribution in [0.15, 0.2) is 84.9 Å². The second kappa shape index (κ2) is 9.75. The number of carbonyl (C=O) groups excluding carboxylic acids is 2. The van der Waals surface area contributed by atoms with Crippen molar-refractivity contribution in [2.45, 2.75) is 5.79 Å². The molecule has 2 bridgehead atoms. The smallest absolute Gasteiger partial charge is 0.296 e. The average Bonchev–Trinajstić information content (AvgIpc) is 3.19. The van der Waals surface area contributed by atoms with Crippen molar-refractivity contribution in [1.29, 1.82) is 0 Å². The number of hydrogen-bond donors (Lipinski definition) is 0. The molecule has 0 spiro atoms. The predicted molar refractivity (Wildman–Crippen MR) is 136 cm³/mol. The van der Waals surface area contributed by atoms with Gasteiger partial charge in [0.15, 0.2) is 0 Å². The Morgan fingerprint density at radius 2 is 0.950 bits per heavy atom. The molecule has 0 N–H and O–H groups in total. The Hall–Kier alpha value is -5.92. The Morgan fingerprint density at radius 1 is 0.600 bits per heavy atom. The van der Waals surface area contributed by atoms with E-state index in [4.69, 9.17) is 9.47 Å². The lowest BCUT2D eigenvalue weighted by atomic mass is 10.0. The molecule has 2 aliphatic rings. The summed E-state index contributed by atoms with van der Waals surface area (Å²) in [5.74, 6) is -3.65. The molecule has 3 aromatic carbocycles. The van der Waals surface area contributed by atoms with Crippen molar-refractivity contribution in [3.63, 3.8) is 0 Å². The first-order chi connectivity index (χ1) is 19.1. The van der Waals surface area contributed by atoms with Gasteiger partial charge in [-0.2, -0.15) is 0 Å². The predicted octanol–water partition coefficient (Wildman–Crippen LogP) is 4.06. The first-order valence-corrected chi connectivity index (χ1v) is 11.5. The fraction of sp³-hybridized carbons (Fsp3) is 0.0769. The summed E-state index contributed by atoms with van der Waals surface area (Å²) in [5.41, 5.74) is 0.0675. The van der Waals surface area contributed by atoms with Crippen LogP contribution in [0.3, 0.4) is 0 Å². The lowest BCUT2D eigenvalue weighted by molar-refractivity contribution is -0.385. The molecule has 0 saturated carbocycles. The number of imide groups is 1. The van der Waals surface area contributed by atoms with Gasteiger partial charge < -0.3 is 9.47 Å². The Bertz CT molecular complexity index is 1540. The van der Waals surface area contributed by atoms with Gasteiger partial charge in [0, 0.05) is 65.2 Å². The summed E-state index contributed by atoms with van der Waals surface area (Å²) < 4.78 is 12.6. The van der Waals surface area contributed by atoms with Gasteiger partial charge in [-0.3, -0.25) is 44.8 Å². The van der Waals surface area contributed by atoms with Gasteiger partial charge in [-0.1, -0.05) is 0 Å². The van der Waals surface area contributed by atoms with Gasteiger partial charge in [-0.05, 0) is 36.4 Å². The second-order valence-electron chi connectivity index (χ2n) is 8.65. The summed E-state index contributed by atoms with van der Waals surface area (Å²) in [6.07, 6.45) is 2.08. The Balaban J connectivity index is 1.66. The molecular formula is C26H16N4O10. The molecule has 3 aromatic rings. The van der Waals surface area contributed by atoms with Gasteiger partial charge in [0.05, 0.1) is 14.8 Å². The number of amides is 2. The van der Waals surface area contributed by atoms with Crippen molar-refractivity contribution in [2.75, 3.05) is 6.54 Å². The fourth-order valence-electron chi connectivity index (χ4n) is 4.18. The molecule has 0 radical (unpaired) electrons. The zero-order chi connectivity index (χ0) is 28.6. The average molecular weight is 544 g/mol. The third-order valence-electron chi connectivity index (χ3n) is 6.20. The van der Waals surface area contributed by atoms with Gasteiger partial charge in [0.25, 0.3) is 34.7 Å². The number of nitrogens with zero attached hydrogens (tertiary/aromatic N) is 4. The van der Waals surface area contributed by atoms with Gasteiger partial charge in [0.1, 0.15) is 18.1 Å². The van der Waals surface area contributed by atoms with E-state index in [9.17, 15) is 39.9 Å². The number of nitro groups is 3. The Labute approximate surface area is 223 Å². The number of fused-ring (bicyclic) bond motifs is 2. The molecule has 40 heavy (non-hydrogen) atoms. The van der Waals surface area contributed by atoms with E-state index in [1.165, 1.54) is 72.8 Å². The van der Waals surface area contributed by atoms with Gasteiger partial charge in [0.2, 0.25) is 0 Å². The monoisotopic (exact) mass is 544 g/mol. The van der Waals surface area contributed by atoms with Crippen LogP contribution >= 0.6 is 0 Å². The zero-order valence-electron chi connectivity index (χ0n) is 20.2. The minimum atomic E-state index is -1.94. The van der Waals surface area contributed by atoms with Crippen LogP contribution in [0.4, 0.5) is 17.1 Å². The quantitative estimate of drug-likeness (QED) is 0.249. The van der Waals surface area contributed by atoms with E-state index >= 15 is 0 Å². The van der Waals surface area contributed by atoms with Crippen molar-refractivity contribution in [1.82, 2.24) is 4.90 Å². The van der Waals surface area contributed by atoms with Gasteiger partial charge in [-0.25, -0.2) is 0 Å². The maximum absolute atomic E-state index is 13.2. The van der Waals surface area contributed by atoms with E-state index in [-0.39, 0.29) is 45.3 Å². The highest BCUT2D eigenvalue weighted by atomic mass is 16.7. The van der Waals surface area contributed by atoms with E-state index in [0.717, 1.165) is 17.1 Å². The van der Waals surface area contributed by atoms with Crippen LogP contribution in [0.25, 0.3) is 11.5 Å². The number of hydrogen-bond acceptors (Lipinski definition) is 10. The minimum Gasteiger partial charge on any atom is -0.446 e. The summed E-state index contributed by atoms with van der Waals surface area (Å²) in [4.78, 5) is 59.0. The summed E-state index contributed by atoms with van der Waals surface area (Å²) >= 11 is 0. The molecule has 200 valence electrons. The van der Waals surface area contributed by atoms with Crippen LogP contribution in [0.5, 0.6) is 0 Å². The maximum atomic E-state index is 13.2. The number of rotatable bonds is 6. The molecule has 0 fully saturated rings. The van der Waals surface area contributed by atoms with Gasteiger partial charge >= 0.3 is 0 Å². The number of nitro benzene ring substituents is 3. The molecule has 0 atom stereocenters. The van der Waals surface area contributed by atoms with Crippen molar-refractivity contribution in [2.24, 2.45) is 0 Å². The fourth-order valence-corrected chi connectivity index (χ4v) is 4.18. The number of benzene rings is 3. The first-order valence-electron chi connectivity index (χ1n) is 11.5. The summed E-state index contributed by atoms with van der Waals surface area (Å²) in [5, 5.41) is 33.5. The van der Waals surface area contributed by atoms with Crippen LogP contribution in [-0.2, 0) is 24.8 Å². The van der Waals surface area contributed by atoms with Crippen LogP contribution in [0, 0.1) is 30.3 Å². The SMILES string of the molecule is O=C1C=C(c2ccc([N+](=O)[O-])cc2)OC2(c3ccc([N+](=O)[O-])cc3)CN1C(=O)C=C(c1ccc([N+](=O)[O-])cc1)O2. The first kappa shape index (κ1) is 25.7. The second-order valence-corrected chi connectivity index (χ2v) is 8.65. The van der Waals surface area contributed by atoms with E-state index in [1.807, 2.05) is 0 Å². The molecule has 0 saturated heterocycles. The summed E-state index contributed by atoms with van der Waals surface area (Å²) in [7, 11) is 0. The molecule has 2 amide bonds. The molecule has 0 aliphatic carbocycles. The van der Waals surface area contributed by atoms with Crippen LogP contribution in [0.1, 0.15) is 16.7 Å². The Kier molecular flexibility index (Phi) is 6.27.